The Morgan fingerprint density at radius 3 is 2.88 bits per heavy atom. The molecular weight excluding hydrogens is 337 g/mol. The Balaban J connectivity index is 1.86. The molecule has 9 heteroatoms. The molecule has 1 amide bonds. The summed E-state index contributed by atoms with van der Waals surface area (Å²) in [6.07, 6.45) is 3.34. The van der Waals surface area contributed by atoms with Gasteiger partial charge in [-0.15, -0.1) is 0 Å². The van der Waals surface area contributed by atoms with Crippen molar-refractivity contribution in [2.45, 2.75) is 6.92 Å². The number of nitrogens with zero attached hydrogens (tertiary/aromatic N) is 4. The number of hydrogen-bond acceptors (Lipinski definition) is 5. The minimum atomic E-state index is -0.640. The van der Waals surface area contributed by atoms with Crippen molar-refractivity contribution in [1.29, 1.82) is 0 Å². The van der Waals surface area contributed by atoms with Crippen LogP contribution in [0.15, 0.2) is 42.7 Å². The number of halogens is 1. The second-order valence-electron chi connectivity index (χ2n) is 5.74. The first kappa shape index (κ1) is 15.8. The Morgan fingerprint density at radius 2 is 2.15 bits per heavy atom. The third kappa shape index (κ3) is 2.75. The molecular formula is C17H14FN7O. The van der Waals surface area contributed by atoms with E-state index in [0.29, 0.717) is 23.1 Å². The number of nitrogens with two attached hydrogens (primary N) is 1. The molecule has 4 aromatic rings. The summed E-state index contributed by atoms with van der Waals surface area (Å²) in [6, 6.07) is 7.34. The zero-order chi connectivity index (χ0) is 18.3. The van der Waals surface area contributed by atoms with E-state index in [1.807, 2.05) is 13.0 Å². The summed E-state index contributed by atoms with van der Waals surface area (Å²) < 4.78 is 16.1. The lowest BCUT2D eigenvalue weighted by molar-refractivity contribution is 0.100. The van der Waals surface area contributed by atoms with Crippen LogP contribution in [0.1, 0.15) is 16.1 Å². The highest BCUT2D eigenvalue weighted by Crippen LogP contribution is 2.26. The summed E-state index contributed by atoms with van der Waals surface area (Å²) in [4.78, 5) is 20.1. The van der Waals surface area contributed by atoms with Crippen molar-refractivity contribution in [3.63, 3.8) is 0 Å². The number of imidazole rings is 1. The third-order valence-corrected chi connectivity index (χ3v) is 3.86. The molecule has 0 spiro atoms. The zero-order valence-electron chi connectivity index (χ0n) is 13.7. The first-order valence-corrected chi connectivity index (χ1v) is 7.74. The number of benzene rings is 1. The van der Waals surface area contributed by atoms with Crippen molar-refractivity contribution in [2.75, 3.05) is 5.32 Å². The molecule has 0 atom stereocenters. The van der Waals surface area contributed by atoms with Gasteiger partial charge in [0.2, 0.25) is 11.9 Å². The third-order valence-electron chi connectivity index (χ3n) is 3.86. The maximum absolute atomic E-state index is 14.3. The maximum Gasteiger partial charge on any atom is 0.248 e. The minimum absolute atomic E-state index is 0.160. The molecule has 0 bridgehead atoms. The van der Waals surface area contributed by atoms with Crippen molar-refractivity contribution in [2.24, 2.45) is 5.73 Å². The van der Waals surface area contributed by atoms with Crippen LogP contribution < -0.4 is 11.1 Å². The average Bonchev–Trinajstić information content (AvgIpc) is 3.23. The first-order valence-electron chi connectivity index (χ1n) is 7.74. The molecule has 4 rings (SSSR count). The van der Waals surface area contributed by atoms with Gasteiger partial charge in [0.25, 0.3) is 0 Å². The standard InChI is InChI=1S/C17H14FN7O/c1-9-6-14(24-23-9)22-17-21-13(8-15-20-4-5-25(15)17)11-7-10(16(19)26)2-3-12(11)18/h2-8H,1H3,(H2,19,26)(H2,21,22,23,24). The fourth-order valence-corrected chi connectivity index (χ4v) is 2.62. The first-order chi connectivity index (χ1) is 12.5. The SMILES string of the molecule is Cc1cc(Nc2nc(-c3cc(C(N)=O)ccc3F)cc3nccn23)n[nH]1. The van der Waals surface area contributed by atoms with Crippen LogP contribution >= 0.6 is 0 Å². The van der Waals surface area contributed by atoms with Crippen molar-refractivity contribution >= 4 is 23.3 Å². The lowest BCUT2D eigenvalue weighted by Gasteiger charge is -2.10. The predicted molar refractivity (Wildman–Crippen MR) is 93.5 cm³/mol. The van der Waals surface area contributed by atoms with Crippen LogP contribution in [0.25, 0.3) is 16.9 Å². The van der Waals surface area contributed by atoms with Crippen LogP contribution in [-0.2, 0) is 0 Å². The van der Waals surface area contributed by atoms with Crippen LogP contribution in [0.2, 0.25) is 0 Å². The summed E-state index contributed by atoms with van der Waals surface area (Å²) in [5.74, 6) is -0.183. The molecule has 0 aliphatic rings. The Kier molecular flexibility index (Phi) is 3.61. The fourth-order valence-electron chi connectivity index (χ4n) is 2.62. The number of hydrogen-bond donors (Lipinski definition) is 3. The minimum Gasteiger partial charge on any atom is -0.366 e. The number of amides is 1. The summed E-state index contributed by atoms with van der Waals surface area (Å²) >= 11 is 0. The van der Waals surface area contributed by atoms with E-state index in [2.05, 4.69) is 25.5 Å². The smallest absolute Gasteiger partial charge is 0.248 e. The van der Waals surface area contributed by atoms with Crippen LogP contribution in [0.3, 0.4) is 0 Å². The summed E-state index contributed by atoms with van der Waals surface area (Å²) in [5.41, 5.74) is 7.42. The van der Waals surface area contributed by atoms with Crippen molar-refractivity contribution in [3.05, 3.63) is 59.8 Å². The topological polar surface area (TPSA) is 114 Å². The van der Waals surface area contributed by atoms with Gasteiger partial charge >= 0.3 is 0 Å². The van der Waals surface area contributed by atoms with Gasteiger partial charge < -0.3 is 11.1 Å². The molecule has 0 radical (unpaired) electrons. The predicted octanol–water partition coefficient (Wildman–Crippen LogP) is 2.41. The number of aromatic amines is 1. The van der Waals surface area contributed by atoms with Gasteiger partial charge in [0, 0.05) is 41.3 Å². The van der Waals surface area contributed by atoms with E-state index >= 15 is 0 Å². The lowest BCUT2D eigenvalue weighted by Crippen LogP contribution is -2.11. The normalized spacial score (nSPS) is 11.0. The maximum atomic E-state index is 14.3. The molecule has 130 valence electrons. The molecule has 0 fully saturated rings. The summed E-state index contributed by atoms with van der Waals surface area (Å²) in [7, 11) is 0. The van der Waals surface area contributed by atoms with Gasteiger partial charge in [0.15, 0.2) is 5.82 Å². The van der Waals surface area contributed by atoms with E-state index in [4.69, 9.17) is 5.73 Å². The van der Waals surface area contributed by atoms with Gasteiger partial charge in [-0.1, -0.05) is 0 Å². The quantitative estimate of drug-likeness (QED) is 0.522. The molecule has 3 aromatic heterocycles. The summed E-state index contributed by atoms with van der Waals surface area (Å²) in [5, 5.41) is 10.0. The van der Waals surface area contributed by atoms with Gasteiger partial charge in [-0.05, 0) is 25.1 Å². The van der Waals surface area contributed by atoms with Crippen LogP contribution in [0, 0.1) is 12.7 Å². The van der Waals surface area contributed by atoms with E-state index in [1.54, 1.807) is 22.9 Å². The number of carbonyl (C=O) groups is 1. The summed E-state index contributed by atoms with van der Waals surface area (Å²) in [6.45, 7) is 1.87. The van der Waals surface area contributed by atoms with Crippen molar-refractivity contribution in [3.8, 4) is 11.3 Å². The van der Waals surface area contributed by atoms with E-state index < -0.39 is 11.7 Å². The van der Waals surface area contributed by atoms with Gasteiger partial charge in [0.1, 0.15) is 11.5 Å². The zero-order valence-corrected chi connectivity index (χ0v) is 13.7. The number of rotatable bonds is 4. The van der Waals surface area contributed by atoms with Crippen LogP contribution in [0.5, 0.6) is 0 Å². The number of H-pyrrole nitrogens is 1. The Hall–Kier alpha value is -3.75. The number of anilines is 2. The largest absolute Gasteiger partial charge is 0.366 e. The number of aryl methyl sites for hydroxylation is 1. The van der Waals surface area contributed by atoms with E-state index in [0.717, 1.165) is 5.69 Å². The van der Waals surface area contributed by atoms with E-state index in [-0.39, 0.29) is 11.1 Å². The van der Waals surface area contributed by atoms with Gasteiger partial charge in [-0.3, -0.25) is 14.3 Å². The average molecular weight is 351 g/mol. The Bertz CT molecular complexity index is 1130. The molecule has 0 unspecified atom stereocenters. The highest BCUT2D eigenvalue weighted by atomic mass is 19.1. The van der Waals surface area contributed by atoms with Crippen molar-refractivity contribution in [1.82, 2.24) is 24.6 Å². The molecule has 4 N–H and O–H groups in total. The Labute approximate surface area is 146 Å². The number of primary amides is 1. The molecule has 8 nitrogen and oxygen atoms in total. The lowest BCUT2D eigenvalue weighted by atomic mass is 10.1. The van der Waals surface area contributed by atoms with Crippen molar-refractivity contribution < 1.29 is 9.18 Å². The second kappa shape index (κ2) is 5.96. The van der Waals surface area contributed by atoms with E-state index in [9.17, 15) is 9.18 Å². The number of carbonyl (C=O) groups excluding carboxylic acids is 1. The molecule has 3 heterocycles. The molecule has 0 saturated heterocycles. The molecule has 0 saturated carbocycles. The van der Waals surface area contributed by atoms with Gasteiger partial charge in [0.05, 0.1) is 5.69 Å². The number of aromatic nitrogens is 5. The molecule has 1 aromatic carbocycles. The number of nitrogens with one attached hydrogen (secondary N) is 2. The highest BCUT2D eigenvalue weighted by molar-refractivity contribution is 5.94. The monoisotopic (exact) mass is 351 g/mol. The molecule has 0 aliphatic carbocycles. The molecule has 0 aliphatic heterocycles. The van der Waals surface area contributed by atoms with Crippen LogP contribution in [-0.4, -0.2) is 30.5 Å². The highest BCUT2D eigenvalue weighted by Gasteiger charge is 2.14. The van der Waals surface area contributed by atoms with Gasteiger partial charge in [-0.2, -0.15) is 5.10 Å². The molecule has 26 heavy (non-hydrogen) atoms. The van der Waals surface area contributed by atoms with Gasteiger partial charge in [-0.25, -0.2) is 14.4 Å². The number of fused-ring (bicyclic) bond motifs is 1. The van der Waals surface area contributed by atoms with E-state index in [1.165, 1.54) is 18.2 Å². The Morgan fingerprint density at radius 1 is 1.31 bits per heavy atom. The second-order valence-corrected chi connectivity index (χ2v) is 5.74. The fraction of sp³-hybridized carbons (Fsp3) is 0.0588. The van der Waals surface area contributed by atoms with Crippen LogP contribution in [0.4, 0.5) is 16.2 Å².